The maximum absolute atomic E-state index is 12.7. The van der Waals surface area contributed by atoms with Crippen molar-refractivity contribution in [1.29, 1.82) is 0 Å². The standard InChI is InChI=1S/C22H28N4O6/c1-5-25(6-2)12-11-23-21(27)15-7-9-16(10-8-15)24-22(28)17-13-19(31-3)20(32-4)14-18(17)26(29)30/h7-10,13-14H,5-6,11-12H2,1-4H3,(H,23,27)(H,24,28). The average molecular weight is 444 g/mol. The van der Waals surface area contributed by atoms with Crippen LogP contribution in [0, 0.1) is 10.1 Å². The van der Waals surface area contributed by atoms with Crippen molar-refractivity contribution in [3.05, 3.63) is 57.6 Å². The van der Waals surface area contributed by atoms with Crippen LogP contribution in [0.3, 0.4) is 0 Å². The number of rotatable bonds is 11. The van der Waals surface area contributed by atoms with Crippen molar-refractivity contribution < 1.29 is 24.0 Å². The van der Waals surface area contributed by atoms with Gasteiger partial charge >= 0.3 is 0 Å². The number of carbonyl (C=O) groups is 2. The van der Waals surface area contributed by atoms with Gasteiger partial charge in [-0.2, -0.15) is 0 Å². The third kappa shape index (κ3) is 6.17. The third-order valence-corrected chi connectivity index (χ3v) is 4.96. The molecule has 0 atom stereocenters. The van der Waals surface area contributed by atoms with Gasteiger partial charge in [-0.1, -0.05) is 13.8 Å². The van der Waals surface area contributed by atoms with Crippen LogP contribution in [0.15, 0.2) is 36.4 Å². The molecule has 2 aromatic rings. The lowest BCUT2D eigenvalue weighted by atomic mass is 10.1. The van der Waals surface area contributed by atoms with Gasteiger partial charge in [0.1, 0.15) is 5.56 Å². The smallest absolute Gasteiger partial charge is 0.286 e. The van der Waals surface area contributed by atoms with Crippen LogP contribution in [0.5, 0.6) is 11.5 Å². The van der Waals surface area contributed by atoms with Crippen LogP contribution >= 0.6 is 0 Å². The Kier molecular flexibility index (Phi) is 8.96. The summed E-state index contributed by atoms with van der Waals surface area (Å²) in [6.07, 6.45) is 0. The summed E-state index contributed by atoms with van der Waals surface area (Å²) in [5.74, 6) is -0.563. The molecule has 0 spiro atoms. The van der Waals surface area contributed by atoms with Crippen LogP contribution in [-0.4, -0.2) is 62.0 Å². The summed E-state index contributed by atoms with van der Waals surface area (Å²) in [6.45, 7) is 7.25. The van der Waals surface area contributed by atoms with Gasteiger partial charge in [-0.05, 0) is 37.4 Å². The second kappa shape index (κ2) is 11.7. The Balaban J connectivity index is 2.10. The van der Waals surface area contributed by atoms with Crippen LogP contribution in [0.2, 0.25) is 0 Å². The molecule has 0 aromatic heterocycles. The molecule has 172 valence electrons. The van der Waals surface area contributed by atoms with Crippen LogP contribution in [-0.2, 0) is 0 Å². The van der Waals surface area contributed by atoms with E-state index in [2.05, 4.69) is 29.4 Å². The molecule has 0 radical (unpaired) electrons. The maximum Gasteiger partial charge on any atom is 0.286 e. The number of hydrogen-bond acceptors (Lipinski definition) is 7. The number of ether oxygens (including phenoxy) is 2. The highest BCUT2D eigenvalue weighted by molar-refractivity contribution is 6.07. The van der Waals surface area contributed by atoms with Gasteiger partial charge in [-0.15, -0.1) is 0 Å². The molecule has 0 bridgehead atoms. The molecule has 32 heavy (non-hydrogen) atoms. The molecular formula is C22H28N4O6. The quantitative estimate of drug-likeness (QED) is 0.403. The van der Waals surface area contributed by atoms with E-state index in [1.165, 1.54) is 20.3 Å². The Labute approximate surface area is 186 Å². The maximum atomic E-state index is 12.7. The number of benzene rings is 2. The van der Waals surface area contributed by atoms with Crippen molar-refractivity contribution in [2.24, 2.45) is 0 Å². The molecule has 0 saturated heterocycles. The lowest BCUT2D eigenvalue weighted by Crippen LogP contribution is -2.34. The fraction of sp³-hybridized carbons (Fsp3) is 0.364. The second-order valence-electron chi connectivity index (χ2n) is 6.80. The molecule has 2 aromatic carbocycles. The first-order valence-corrected chi connectivity index (χ1v) is 10.2. The van der Waals surface area contributed by atoms with Crippen molar-refractivity contribution in [2.75, 3.05) is 45.7 Å². The van der Waals surface area contributed by atoms with E-state index in [0.29, 0.717) is 17.8 Å². The van der Waals surface area contributed by atoms with Crippen LogP contribution in [0.4, 0.5) is 11.4 Å². The first-order valence-electron chi connectivity index (χ1n) is 10.2. The topological polar surface area (TPSA) is 123 Å². The molecule has 10 heteroatoms. The van der Waals surface area contributed by atoms with E-state index in [4.69, 9.17) is 9.47 Å². The van der Waals surface area contributed by atoms with Crippen molar-refractivity contribution in [1.82, 2.24) is 10.2 Å². The predicted molar refractivity (Wildman–Crippen MR) is 121 cm³/mol. The molecule has 2 amide bonds. The second-order valence-corrected chi connectivity index (χ2v) is 6.80. The molecule has 0 heterocycles. The van der Waals surface area contributed by atoms with E-state index < -0.39 is 16.5 Å². The van der Waals surface area contributed by atoms with Gasteiger partial charge in [0.05, 0.1) is 25.2 Å². The number of nitro benzene ring substituents is 1. The Morgan fingerprint density at radius 1 is 1.00 bits per heavy atom. The molecule has 0 saturated carbocycles. The minimum absolute atomic E-state index is 0.145. The highest BCUT2D eigenvalue weighted by atomic mass is 16.6. The third-order valence-electron chi connectivity index (χ3n) is 4.96. The summed E-state index contributed by atoms with van der Waals surface area (Å²) in [7, 11) is 2.72. The zero-order chi connectivity index (χ0) is 23.7. The number of hydrogen-bond donors (Lipinski definition) is 2. The fourth-order valence-electron chi connectivity index (χ4n) is 3.07. The fourth-order valence-corrected chi connectivity index (χ4v) is 3.07. The van der Waals surface area contributed by atoms with Gasteiger partial charge in [0.15, 0.2) is 11.5 Å². The van der Waals surface area contributed by atoms with Gasteiger partial charge in [0.2, 0.25) is 0 Å². The van der Waals surface area contributed by atoms with Gasteiger partial charge in [0.25, 0.3) is 17.5 Å². The lowest BCUT2D eigenvalue weighted by Gasteiger charge is -2.18. The van der Waals surface area contributed by atoms with Gasteiger partial charge in [-0.25, -0.2) is 0 Å². The molecule has 0 aliphatic heterocycles. The van der Waals surface area contributed by atoms with Gasteiger partial charge in [-0.3, -0.25) is 19.7 Å². The van der Waals surface area contributed by atoms with Crippen molar-refractivity contribution in [3.8, 4) is 11.5 Å². The number of nitro groups is 1. The van der Waals surface area contributed by atoms with E-state index in [9.17, 15) is 19.7 Å². The largest absolute Gasteiger partial charge is 0.493 e. The Morgan fingerprint density at radius 2 is 1.59 bits per heavy atom. The first kappa shape index (κ1) is 24.6. The van der Waals surface area contributed by atoms with E-state index >= 15 is 0 Å². The molecule has 10 nitrogen and oxygen atoms in total. The normalized spacial score (nSPS) is 10.5. The zero-order valence-electron chi connectivity index (χ0n) is 18.6. The van der Waals surface area contributed by atoms with Gasteiger partial charge < -0.3 is 25.0 Å². The first-order chi connectivity index (χ1) is 15.3. The molecule has 0 fully saturated rings. The van der Waals surface area contributed by atoms with Crippen LogP contribution < -0.4 is 20.1 Å². The minimum atomic E-state index is -0.686. The number of likely N-dealkylation sites (N-methyl/N-ethyl adjacent to an activating group) is 1. The van der Waals surface area contributed by atoms with E-state index in [-0.39, 0.29) is 23.0 Å². The van der Waals surface area contributed by atoms with E-state index in [1.54, 1.807) is 24.3 Å². The van der Waals surface area contributed by atoms with Crippen molar-refractivity contribution >= 4 is 23.2 Å². The van der Waals surface area contributed by atoms with Crippen molar-refractivity contribution in [2.45, 2.75) is 13.8 Å². The minimum Gasteiger partial charge on any atom is -0.493 e. The highest BCUT2D eigenvalue weighted by Crippen LogP contribution is 2.34. The summed E-state index contributed by atoms with van der Waals surface area (Å²) in [5, 5.41) is 16.9. The highest BCUT2D eigenvalue weighted by Gasteiger charge is 2.24. The summed E-state index contributed by atoms with van der Waals surface area (Å²) < 4.78 is 10.2. The summed E-state index contributed by atoms with van der Waals surface area (Å²) in [4.78, 5) is 37.9. The average Bonchev–Trinajstić information content (AvgIpc) is 2.81. The van der Waals surface area contributed by atoms with Crippen LogP contribution in [0.1, 0.15) is 34.6 Å². The number of amides is 2. The Hall–Kier alpha value is -3.66. The number of anilines is 1. The number of carbonyl (C=O) groups excluding carboxylic acids is 2. The van der Waals surface area contributed by atoms with E-state index in [0.717, 1.165) is 25.7 Å². The van der Waals surface area contributed by atoms with Gasteiger partial charge in [0, 0.05) is 30.4 Å². The molecular weight excluding hydrogens is 416 g/mol. The SMILES string of the molecule is CCN(CC)CCNC(=O)c1ccc(NC(=O)c2cc(OC)c(OC)cc2[N+](=O)[O-])cc1. The van der Waals surface area contributed by atoms with Crippen LogP contribution in [0.25, 0.3) is 0 Å². The monoisotopic (exact) mass is 444 g/mol. The van der Waals surface area contributed by atoms with Crippen molar-refractivity contribution in [3.63, 3.8) is 0 Å². The summed E-state index contributed by atoms with van der Waals surface area (Å²) in [6, 6.07) is 8.66. The summed E-state index contributed by atoms with van der Waals surface area (Å²) >= 11 is 0. The van der Waals surface area contributed by atoms with E-state index in [1.807, 2.05) is 0 Å². The zero-order valence-corrected chi connectivity index (χ0v) is 18.6. The molecule has 2 rings (SSSR count). The number of nitrogens with zero attached hydrogens (tertiary/aromatic N) is 2. The molecule has 0 unspecified atom stereocenters. The number of nitrogens with one attached hydrogen (secondary N) is 2. The Bertz CT molecular complexity index is 958. The molecule has 0 aliphatic carbocycles. The predicted octanol–water partition coefficient (Wildman–Crippen LogP) is 2.94. The molecule has 2 N–H and O–H groups in total. The summed E-state index contributed by atoms with van der Waals surface area (Å²) in [5.41, 5.74) is 0.244. The number of methoxy groups -OCH3 is 2. The Morgan fingerprint density at radius 3 is 2.12 bits per heavy atom. The lowest BCUT2D eigenvalue weighted by molar-refractivity contribution is -0.385. The molecule has 0 aliphatic rings.